The van der Waals surface area contributed by atoms with Gasteiger partial charge in [0.25, 0.3) is 0 Å². The molecule has 6 heteroatoms. The van der Waals surface area contributed by atoms with E-state index in [0.29, 0.717) is 24.9 Å². The Labute approximate surface area is 111 Å². The Kier molecular flexibility index (Phi) is 3.23. The maximum atomic E-state index is 5.94. The highest BCUT2D eigenvalue weighted by Crippen LogP contribution is 2.30. The van der Waals surface area contributed by atoms with Crippen molar-refractivity contribution in [3.05, 3.63) is 22.7 Å². The Morgan fingerprint density at radius 1 is 1.39 bits per heavy atom. The second kappa shape index (κ2) is 4.74. The average Bonchev–Trinajstić information content (AvgIpc) is 2.89. The molecule has 0 aromatic carbocycles. The van der Waals surface area contributed by atoms with Crippen LogP contribution in [0.2, 0.25) is 5.15 Å². The maximum Gasteiger partial charge on any atom is 0.182 e. The second-order valence-corrected chi connectivity index (χ2v) is 5.20. The van der Waals surface area contributed by atoms with Crippen LogP contribution < -0.4 is 0 Å². The van der Waals surface area contributed by atoms with Gasteiger partial charge in [-0.1, -0.05) is 11.6 Å². The summed E-state index contributed by atoms with van der Waals surface area (Å²) < 4.78 is 11.4. The smallest absolute Gasteiger partial charge is 0.182 e. The highest BCUT2D eigenvalue weighted by atomic mass is 35.5. The molecule has 2 fully saturated rings. The molecule has 0 atom stereocenters. The van der Waals surface area contributed by atoms with E-state index in [2.05, 4.69) is 14.9 Å². The second-order valence-electron chi connectivity index (χ2n) is 4.82. The molecule has 0 unspecified atom stereocenters. The Bertz CT molecular complexity index is 429. The molecular weight excluding hydrogens is 254 g/mol. The zero-order chi connectivity index (χ0) is 12.6. The van der Waals surface area contributed by atoms with Crippen LogP contribution in [0.4, 0.5) is 0 Å². The van der Waals surface area contributed by atoms with Crippen LogP contribution in [0.3, 0.4) is 0 Å². The first kappa shape index (κ1) is 12.3. The van der Waals surface area contributed by atoms with Gasteiger partial charge in [0, 0.05) is 18.7 Å². The van der Waals surface area contributed by atoms with Gasteiger partial charge in [0.05, 0.1) is 26.3 Å². The average molecular weight is 270 g/mol. The number of nitrogens with zero attached hydrogens (tertiary/aromatic N) is 3. The lowest BCUT2D eigenvalue weighted by Crippen LogP contribution is -2.34. The highest BCUT2D eigenvalue weighted by molar-refractivity contribution is 6.29. The van der Waals surface area contributed by atoms with Gasteiger partial charge in [0.2, 0.25) is 0 Å². The molecule has 3 heterocycles. The van der Waals surface area contributed by atoms with E-state index in [1.54, 1.807) is 6.07 Å². The van der Waals surface area contributed by atoms with Crippen molar-refractivity contribution in [1.82, 2.24) is 14.9 Å². The SMILES string of the molecule is Cc1cc(Cl)nc(CN2CCC3(C2)OCCO3)n1. The topological polar surface area (TPSA) is 47.5 Å². The molecule has 0 radical (unpaired) electrons. The summed E-state index contributed by atoms with van der Waals surface area (Å²) in [4.78, 5) is 10.9. The van der Waals surface area contributed by atoms with Gasteiger partial charge < -0.3 is 9.47 Å². The van der Waals surface area contributed by atoms with Crippen LogP contribution in [0.15, 0.2) is 6.07 Å². The van der Waals surface area contributed by atoms with E-state index in [0.717, 1.165) is 31.0 Å². The van der Waals surface area contributed by atoms with Crippen molar-refractivity contribution < 1.29 is 9.47 Å². The zero-order valence-electron chi connectivity index (χ0n) is 10.4. The van der Waals surface area contributed by atoms with Gasteiger partial charge in [0.15, 0.2) is 5.79 Å². The summed E-state index contributed by atoms with van der Waals surface area (Å²) in [5.74, 6) is 0.378. The molecule has 2 saturated heterocycles. The van der Waals surface area contributed by atoms with Gasteiger partial charge in [-0.25, -0.2) is 9.97 Å². The first-order chi connectivity index (χ1) is 8.65. The van der Waals surface area contributed by atoms with E-state index in [-0.39, 0.29) is 5.79 Å². The number of hydrogen-bond donors (Lipinski definition) is 0. The number of hydrogen-bond acceptors (Lipinski definition) is 5. The van der Waals surface area contributed by atoms with Gasteiger partial charge in [-0.05, 0) is 13.0 Å². The van der Waals surface area contributed by atoms with Crippen LogP contribution in [0.25, 0.3) is 0 Å². The zero-order valence-corrected chi connectivity index (χ0v) is 11.1. The molecule has 2 aliphatic rings. The Morgan fingerprint density at radius 2 is 2.17 bits per heavy atom. The summed E-state index contributed by atoms with van der Waals surface area (Å²) in [7, 11) is 0. The van der Waals surface area contributed by atoms with Crippen molar-refractivity contribution in [3.63, 3.8) is 0 Å². The third-order valence-corrected chi connectivity index (χ3v) is 3.51. The lowest BCUT2D eigenvalue weighted by Gasteiger charge is -2.22. The van der Waals surface area contributed by atoms with Gasteiger partial charge in [0.1, 0.15) is 11.0 Å². The summed E-state index contributed by atoms with van der Waals surface area (Å²) in [5, 5.41) is 0.500. The summed E-state index contributed by atoms with van der Waals surface area (Å²) >= 11 is 5.94. The molecule has 0 saturated carbocycles. The Morgan fingerprint density at radius 3 is 2.89 bits per heavy atom. The fraction of sp³-hybridized carbons (Fsp3) is 0.667. The van der Waals surface area contributed by atoms with Crippen LogP contribution >= 0.6 is 11.6 Å². The van der Waals surface area contributed by atoms with E-state index < -0.39 is 0 Å². The van der Waals surface area contributed by atoms with Gasteiger partial charge in [-0.3, -0.25) is 4.90 Å². The largest absolute Gasteiger partial charge is 0.346 e. The Balaban J connectivity index is 1.67. The van der Waals surface area contributed by atoms with Crippen LogP contribution in [0.1, 0.15) is 17.9 Å². The van der Waals surface area contributed by atoms with Crippen molar-refractivity contribution in [2.45, 2.75) is 25.7 Å². The van der Waals surface area contributed by atoms with Crippen molar-refractivity contribution in [3.8, 4) is 0 Å². The van der Waals surface area contributed by atoms with Crippen LogP contribution in [0.5, 0.6) is 0 Å². The van der Waals surface area contributed by atoms with Crippen molar-refractivity contribution >= 4 is 11.6 Å². The number of likely N-dealkylation sites (tertiary alicyclic amines) is 1. The van der Waals surface area contributed by atoms with Gasteiger partial charge >= 0.3 is 0 Å². The number of ether oxygens (including phenoxy) is 2. The quantitative estimate of drug-likeness (QED) is 0.760. The first-order valence-electron chi connectivity index (χ1n) is 6.16. The highest BCUT2D eigenvalue weighted by Gasteiger charge is 2.43. The molecular formula is C12H16ClN3O2. The minimum absolute atomic E-state index is 0.381. The number of halogens is 1. The minimum Gasteiger partial charge on any atom is -0.346 e. The van der Waals surface area contributed by atoms with Gasteiger partial charge in [-0.15, -0.1) is 0 Å². The van der Waals surface area contributed by atoms with Crippen molar-refractivity contribution in [2.24, 2.45) is 0 Å². The molecule has 0 amide bonds. The molecule has 0 N–H and O–H groups in total. The Hall–Kier alpha value is -0.750. The van der Waals surface area contributed by atoms with Crippen LogP contribution in [0, 0.1) is 6.92 Å². The van der Waals surface area contributed by atoms with Crippen molar-refractivity contribution in [2.75, 3.05) is 26.3 Å². The third kappa shape index (κ3) is 2.49. The molecule has 98 valence electrons. The first-order valence-corrected chi connectivity index (χ1v) is 6.53. The van der Waals surface area contributed by atoms with E-state index >= 15 is 0 Å². The normalized spacial score (nSPS) is 23.0. The van der Waals surface area contributed by atoms with E-state index in [4.69, 9.17) is 21.1 Å². The number of aromatic nitrogens is 2. The predicted molar refractivity (Wildman–Crippen MR) is 66.3 cm³/mol. The lowest BCUT2D eigenvalue weighted by molar-refractivity contribution is -0.145. The molecule has 1 aromatic rings. The maximum absolute atomic E-state index is 5.94. The van der Waals surface area contributed by atoms with E-state index in [9.17, 15) is 0 Å². The third-order valence-electron chi connectivity index (χ3n) is 3.32. The van der Waals surface area contributed by atoms with E-state index in [1.807, 2.05) is 6.92 Å². The molecule has 1 spiro atoms. The summed E-state index contributed by atoms with van der Waals surface area (Å²) in [6, 6.07) is 1.76. The molecule has 18 heavy (non-hydrogen) atoms. The molecule has 0 bridgehead atoms. The molecule has 5 nitrogen and oxygen atoms in total. The monoisotopic (exact) mass is 269 g/mol. The fourth-order valence-electron chi connectivity index (χ4n) is 2.55. The van der Waals surface area contributed by atoms with Crippen LogP contribution in [-0.2, 0) is 16.0 Å². The van der Waals surface area contributed by atoms with E-state index in [1.165, 1.54) is 0 Å². The minimum atomic E-state index is -0.381. The van der Waals surface area contributed by atoms with Crippen LogP contribution in [-0.4, -0.2) is 47.0 Å². The van der Waals surface area contributed by atoms with Crippen molar-refractivity contribution in [1.29, 1.82) is 0 Å². The number of aryl methyl sites for hydroxylation is 1. The lowest BCUT2D eigenvalue weighted by atomic mass is 10.2. The fourth-order valence-corrected chi connectivity index (χ4v) is 2.81. The standard InChI is InChI=1S/C12H16ClN3O2/c1-9-6-10(13)15-11(14-9)7-16-3-2-12(8-16)17-4-5-18-12/h6H,2-5,7-8H2,1H3. The molecule has 0 aliphatic carbocycles. The number of rotatable bonds is 2. The van der Waals surface area contributed by atoms with Gasteiger partial charge in [-0.2, -0.15) is 0 Å². The summed E-state index contributed by atoms with van der Waals surface area (Å²) in [6.07, 6.45) is 0.909. The summed E-state index contributed by atoms with van der Waals surface area (Å²) in [6.45, 7) is 5.72. The molecule has 2 aliphatic heterocycles. The molecule has 3 rings (SSSR count). The predicted octanol–water partition coefficient (Wildman–Crippen LogP) is 1.39. The summed E-state index contributed by atoms with van der Waals surface area (Å²) in [5.41, 5.74) is 0.896. The molecule has 1 aromatic heterocycles.